The SMILES string of the molecule is CC1(C)OB(c2cncc(C3CC3)c2)OC1(C)C.CCC. The van der Waals surface area contributed by atoms with Crippen LogP contribution in [0.1, 0.15) is 72.3 Å². The zero-order chi connectivity index (χ0) is 15.7. The van der Waals surface area contributed by atoms with Crippen molar-refractivity contribution >= 4 is 12.6 Å². The van der Waals surface area contributed by atoms with E-state index in [1.165, 1.54) is 24.8 Å². The van der Waals surface area contributed by atoms with Crippen molar-refractivity contribution in [3.63, 3.8) is 0 Å². The molecule has 1 saturated heterocycles. The number of aromatic nitrogens is 1. The largest absolute Gasteiger partial charge is 0.496 e. The summed E-state index contributed by atoms with van der Waals surface area (Å²) in [6.07, 6.45) is 7.64. The van der Waals surface area contributed by atoms with Crippen molar-refractivity contribution in [3.05, 3.63) is 24.0 Å². The van der Waals surface area contributed by atoms with Gasteiger partial charge in [0.25, 0.3) is 0 Å². The van der Waals surface area contributed by atoms with E-state index in [-0.39, 0.29) is 18.3 Å². The molecule has 1 saturated carbocycles. The lowest BCUT2D eigenvalue weighted by Crippen LogP contribution is -2.41. The van der Waals surface area contributed by atoms with Gasteiger partial charge in [-0.1, -0.05) is 26.3 Å². The van der Waals surface area contributed by atoms with Crippen LogP contribution in [0, 0.1) is 0 Å². The molecule has 3 nitrogen and oxygen atoms in total. The van der Waals surface area contributed by atoms with Gasteiger partial charge in [0.2, 0.25) is 0 Å². The summed E-state index contributed by atoms with van der Waals surface area (Å²) in [5, 5.41) is 0. The van der Waals surface area contributed by atoms with Gasteiger partial charge >= 0.3 is 7.12 Å². The Morgan fingerprint density at radius 1 is 1.10 bits per heavy atom. The predicted molar refractivity (Wildman–Crippen MR) is 87.9 cm³/mol. The maximum Gasteiger partial charge on any atom is 0.496 e. The molecule has 3 rings (SSSR count). The Kier molecular flexibility index (Phi) is 4.79. The molecule has 2 aliphatic rings. The molecule has 1 aliphatic heterocycles. The van der Waals surface area contributed by atoms with E-state index in [1.807, 2.05) is 12.4 Å². The van der Waals surface area contributed by atoms with Crippen LogP contribution in [0.3, 0.4) is 0 Å². The Morgan fingerprint density at radius 2 is 1.62 bits per heavy atom. The molecule has 0 N–H and O–H groups in total. The summed E-state index contributed by atoms with van der Waals surface area (Å²) in [4.78, 5) is 4.33. The third kappa shape index (κ3) is 3.67. The maximum absolute atomic E-state index is 6.04. The van der Waals surface area contributed by atoms with Crippen LogP contribution in [0.2, 0.25) is 0 Å². The Morgan fingerprint density at radius 3 is 2.10 bits per heavy atom. The lowest BCUT2D eigenvalue weighted by Gasteiger charge is -2.32. The standard InChI is InChI=1S/C14H20BNO2.C3H8/c1-13(2)14(3,4)18-15(17-13)12-7-11(8-16-9-12)10-5-6-10;1-3-2/h7-10H,5-6H2,1-4H3;3H2,1-2H3. The average Bonchev–Trinajstić information content (AvgIpc) is 3.19. The molecule has 0 spiro atoms. The van der Waals surface area contributed by atoms with Gasteiger partial charge in [-0.3, -0.25) is 4.98 Å². The predicted octanol–water partition coefficient (Wildman–Crippen LogP) is 3.67. The smallest absolute Gasteiger partial charge is 0.399 e. The van der Waals surface area contributed by atoms with E-state index < -0.39 is 0 Å². The number of hydrogen-bond acceptors (Lipinski definition) is 3. The van der Waals surface area contributed by atoms with E-state index in [0.717, 1.165) is 5.46 Å². The van der Waals surface area contributed by atoms with Gasteiger partial charge in [0, 0.05) is 17.9 Å². The molecule has 116 valence electrons. The Labute approximate surface area is 129 Å². The van der Waals surface area contributed by atoms with E-state index in [1.54, 1.807) is 0 Å². The first-order chi connectivity index (χ1) is 9.80. The fourth-order valence-electron chi connectivity index (χ4n) is 2.22. The quantitative estimate of drug-likeness (QED) is 0.778. The van der Waals surface area contributed by atoms with Crippen molar-refractivity contribution < 1.29 is 9.31 Å². The maximum atomic E-state index is 6.04. The lowest BCUT2D eigenvalue weighted by atomic mass is 9.79. The number of rotatable bonds is 2. The molecule has 0 bridgehead atoms. The van der Waals surface area contributed by atoms with Crippen LogP contribution >= 0.6 is 0 Å². The second-order valence-electron chi connectivity index (χ2n) is 7.12. The van der Waals surface area contributed by atoms with Gasteiger partial charge in [-0.2, -0.15) is 0 Å². The second-order valence-corrected chi connectivity index (χ2v) is 7.12. The van der Waals surface area contributed by atoms with Crippen LogP contribution < -0.4 is 5.46 Å². The molecule has 0 amide bonds. The molecule has 0 aromatic carbocycles. The number of pyridine rings is 1. The summed E-state index contributed by atoms with van der Waals surface area (Å²) in [6.45, 7) is 12.5. The molecular formula is C17H28BNO2. The van der Waals surface area contributed by atoms with Crippen molar-refractivity contribution in [2.45, 2.75) is 77.9 Å². The summed E-state index contributed by atoms with van der Waals surface area (Å²) in [6, 6.07) is 2.19. The van der Waals surface area contributed by atoms with Gasteiger partial charge in [-0.15, -0.1) is 0 Å². The minimum Gasteiger partial charge on any atom is -0.399 e. The van der Waals surface area contributed by atoms with E-state index in [9.17, 15) is 0 Å². The van der Waals surface area contributed by atoms with Crippen LogP contribution in [-0.4, -0.2) is 23.3 Å². The minimum absolute atomic E-state index is 0.284. The van der Waals surface area contributed by atoms with Crippen molar-refractivity contribution in [1.82, 2.24) is 4.98 Å². The van der Waals surface area contributed by atoms with Gasteiger partial charge in [0.1, 0.15) is 0 Å². The summed E-state index contributed by atoms with van der Waals surface area (Å²) in [5.41, 5.74) is 1.79. The first-order valence-electron chi connectivity index (χ1n) is 8.11. The van der Waals surface area contributed by atoms with Crippen molar-refractivity contribution in [1.29, 1.82) is 0 Å². The van der Waals surface area contributed by atoms with Crippen LogP contribution in [0.4, 0.5) is 0 Å². The highest BCUT2D eigenvalue weighted by Crippen LogP contribution is 2.40. The molecule has 2 heterocycles. The third-order valence-corrected chi connectivity index (χ3v) is 4.35. The molecule has 21 heavy (non-hydrogen) atoms. The first-order valence-corrected chi connectivity index (χ1v) is 8.11. The fraction of sp³-hybridized carbons (Fsp3) is 0.706. The van der Waals surface area contributed by atoms with Gasteiger partial charge in [-0.25, -0.2) is 0 Å². The van der Waals surface area contributed by atoms with Crippen molar-refractivity contribution in [2.75, 3.05) is 0 Å². The Hall–Kier alpha value is -0.865. The van der Waals surface area contributed by atoms with Crippen LogP contribution in [0.15, 0.2) is 18.5 Å². The second kappa shape index (κ2) is 6.09. The van der Waals surface area contributed by atoms with Gasteiger partial charge in [-0.05, 0) is 52.0 Å². The summed E-state index contributed by atoms with van der Waals surface area (Å²) in [7, 11) is -0.291. The average molecular weight is 289 g/mol. The monoisotopic (exact) mass is 289 g/mol. The van der Waals surface area contributed by atoms with Gasteiger partial charge in [0.05, 0.1) is 11.2 Å². The van der Waals surface area contributed by atoms with E-state index in [4.69, 9.17) is 9.31 Å². The first kappa shape index (κ1) is 16.5. The molecular weight excluding hydrogens is 261 g/mol. The zero-order valence-electron chi connectivity index (χ0n) is 14.3. The third-order valence-electron chi connectivity index (χ3n) is 4.35. The highest BCUT2D eigenvalue weighted by Gasteiger charge is 2.51. The topological polar surface area (TPSA) is 31.4 Å². The summed E-state index contributed by atoms with van der Waals surface area (Å²) in [5.74, 6) is 0.708. The molecule has 4 heteroatoms. The normalized spacial score (nSPS) is 22.7. The van der Waals surface area contributed by atoms with Crippen molar-refractivity contribution in [3.8, 4) is 0 Å². The molecule has 1 aromatic rings. The van der Waals surface area contributed by atoms with E-state index in [2.05, 4.69) is 52.6 Å². The minimum atomic E-state index is -0.291. The molecule has 0 radical (unpaired) electrons. The molecule has 2 fully saturated rings. The summed E-state index contributed by atoms with van der Waals surface area (Å²) < 4.78 is 12.1. The van der Waals surface area contributed by atoms with Gasteiger partial charge < -0.3 is 9.31 Å². The molecule has 0 atom stereocenters. The van der Waals surface area contributed by atoms with Crippen LogP contribution in [0.5, 0.6) is 0 Å². The van der Waals surface area contributed by atoms with Crippen LogP contribution in [-0.2, 0) is 9.31 Å². The highest BCUT2D eigenvalue weighted by molar-refractivity contribution is 6.62. The molecule has 0 unspecified atom stereocenters. The lowest BCUT2D eigenvalue weighted by molar-refractivity contribution is 0.00578. The van der Waals surface area contributed by atoms with Crippen LogP contribution in [0.25, 0.3) is 0 Å². The molecule has 1 aromatic heterocycles. The molecule has 1 aliphatic carbocycles. The van der Waals surface area contributed by atoms with E-state index in [0.29, 0.717) is 5.92 Å². The zero-order valence-corrected chi connectivity index (χ0v) is 14.3. The van der Waals surface area contributed by atoms with Crippen molar-refractivity contribution in [2.24, 2.45) is 0 Å². The highest BCUT2D eigenvalue weighted by atomic mass is 16.7. The number of hydrogen-bond donors (Lipinski definition) is 0. The number of nitrogens with zero attached hydrogens (tertiary/aromatic N) is 1. The Balaban J connectivity index is 0.000000497. The van der Waals surface area contributed by atoms with E-state index >= 15 is 0 Å². The fourth-order valence-corrected chi connectivity index (χ4v) is 2.22. The Bertz CT molecular complexity index is 467. The van der Waals surface area contributed by atoms with Gasteiger partial charge in [0.15, 0.2) is 0 Å². The summed E-state index contributed by atoms with van der Waals surface area (Å²) >= 11 is 0.